The molecular formula is C19H25BrN8O2. The molecule has 3 rings (SSSR count). The van der Waals surface area contributed by atoms with Crippen molar-refractivity contribution in [1.29, 1.82) is 0 Å². The molecule has 0 aliphatic heterocycles. The van der Waals surface area contributed by atoms with Gasteiger partial charge in [0.2, 0.25) is 5.91 Å². The number of aromatic nitrogens is 6. The van der Waals surface area contributed by atoms with E-state index >= 15 is 0 Å². The summed E-state index contributed by atoms with van der Waals surface area (Å²) < 4.78 is 5.73. The first-order valence-corrected chi connectivity index (χ1v) is 10.3. The van der Waals surface area contributed by atoms with E-state index in [0.717, 1.165) is 21.6 Å². The van der Waals surface area contributed by atoms with E-state index in [0.29, 0.717) is 17.9 Å². The zero-order valence-electron chi connectivity index (χ0n) is 17.8. The lowest BCUT2D eigenvalue weighted by Crippen LogP contribution is -2.27. The molecule has 0 saturated heterocycles. The van der Waals surface area contributed by atoms with Gasteiger partial charge in [-0.2, -0.15) is 15.3 Å². The minimum absolute atomic E-state index is 0.274. The van der Waals surface area contributed by atoms with Gasteiger partial charge in [-0.15, -0.1) is 0 Å². The lowest BCUT2D eigenvalue weighted by Gasteiger charge is -2.15. The van der Waals surface area contributed by atoms with Gasteiger partial charge in [0.1, 0.15) is 11.7 Å². The summed E-state index contributed by atoms with van der Waals surface area (Å²) in [6.45, 7) is 9.72. The maximum atomic E-state index is 13.0. The van der Waals surface area contributed by atoms with Gasteiger partial charge in [0.25, 0.3) is 5.91 Å². The van der Waals surface area contributed by atoms with Crippen molar-refractivity contribution in [3.05, 3.63) is 39.6 Å². The molecule has 160 valence electrons. The molecule has 3 heterocycles. The first-order valence-electron chi connectivity index (χ1n) is 9.53. The number of aryl methyl sites for hydroxylation is 3. The van der Waals surface area contributed by atoms with Crippen LogP contribution in [0, 0.1) is 20.8 Å². The molecule has 1 atom stereocenters. The van der Waals surface area contributed by atoms with E-state index in [1.54, 1.807) is 34.2 Å². The Morgan fingerprint density at radius 1 is 1.10 bits per heavy atom. The Bertz CT molecular complexity index is 1110. The number of carbonyl (C=O) groups excluding carboxylic acids is 2. The molecule has 0 radical (unpaired) electrons. The van der Waals surface area contributed by atoms with Crippen LogP contribution in [0.15, 0.2) is 16.9 Å². The largest absolute Gasteiger partial charge is 0.321 e. The highest BCUT2D eigenvalue weighted by Crippen LogP contribution is 2.24. The molecule has 2 N–H and O–H groups in total. The van der Waals surface area contributed by atoms with E-state index in [-0.39, 0.29) is 17.5 Å². The van der Waals surface area contributed by atoms with E-state index in [9.17, 15) is 9.59 Å². The van der Waals surface area contributed by atoms with Crippen molar-refractivity contribution in [1.82, 2.24) is 29.3 Å². The fourth-order valence-electron chi connectivity index (χ4n) is 3.13. The highest BCUT2D eigenvalue weighted by Gasteiger charge is 2.25. The van der Waals surface area contributed by atoms with E-state index < -0.39 is 6.04 Å². The van der Waals surface area contributed by atoms with Gasteiger partial charge in [0, 0.05) is 13.6 Å². The highest BCUT2D eigenvalue weighted by molar-refractivity contribution is 9.10. The second-order valence-electron chi connectivity index (χ2n) is 7.04. The molecule has 0 fully saturated rings. The first-order chi connectivity index (χ1) is 14.1. The van der Waals surface area contributed by atoms with Gasteiger partial charge in [0.05, 0.1) is 45.3 Å². The molecule has 0 saturated carbocycles. The van der Waals surface area contributed by atoms with Gasteiger partial charge in [-0.25, -0.2) is 0 Å². The van der Waals surface area contributed by atoms with E-state index in [2.05, 4.69) is 41.9 Å². The molecule has 0 spiro atoms. The summed E-state index contributed by atoms with van der Waals surface area (Å²) in [5.74, 6) is -0.669. The zero-order valence-corrected chi connectivity index (χ0v) is 19.4. The highest BCUT2D eigenvalue weighted by atomic mass is 79.9. The van der Waals surface area contributed by atoms with E-state index in [1.807, 2.05) is 27.7 Å². The maximum Gasteiger partial charge on any atom is 0.276 e. The second-order valence-corrected chi connectivity index (χ2v) is 7.83. The monoisotopic (exact) mass is 476 g/mol. The van der Waals surface area contributed by atoms with Crippen molar-refractivity contribution >= 4 is 39.1 Å². The molecule has 0 aliphatic rings. The topological polar surface area (TPSA) is 112 Å². The Morgan fingerprint density at radius 3 is 2.30 bits per heavy atom. The third-order valence-electron chi connectivity index (χ3n) is 5.08. The minimum Gasteiger partial charge on any atom is -0.321 e. The fraction of sp³-hybridized carbons (Fsp3) is 0.421. The summed E-state index contributed by atoms with van der Waals surface area (Å²) in [4.78, 5) is 25.9. The van der Waals surface area contributed by atoms with Crippen LogP contribution >= 0.6 is 15.9 Å². The summed E-state index contributed by atoms with van der Waals surface area (Å²) >= 11 is 3.48. The molecule has 3 aromatic rings. The van der Waals surface area contributed by atoms with Crippen molar-refractivity contribution in [2.45, 2.75) is 47.2 Å². The number of halogens is 1. The predicted molar refractivity (Wildman–Crippen MR) is 117 cm³/mol. The SMILES string of the molecule is CCn1ncc(NC(=O)C(C)n2nc(C)c(Br)c2C)c1C(=O)Nc1cnn(C)c1C. The number of nitrogens with one attached hydrogen (secondary N) is 2. The summed E-state index contributed by atoms with van der Waals surface area (Å²) in [6, 6.07) is -0.573. The average Bonchev–Trinajstić information content (AvgIpc) is 3.35. The number of hydrogen-bond donors (Lipinski definition) is 2. The van der Waals surface area contributed by atoms with Crippen LogP contribution in [0.25, 0.3) is 0 Å². The number of carbonyl (C=O) groups is 2. The first kappa shape index (κ1) is 21.8. The molecule has 11 heteroatoms. The van der Waals surface area contributed by atoms with Crippen LogP contribution in [-0.2, 0) is 18.4 Å². The molecule has 0 aromatic carbocycles. The van der Waals surface area contributed by atoms with Crippen molar-refractivity contribution in [3.8, 4) is 0 Å². The quantitative estimate of drug-likeness (QED) is 0.567. The second kappa shape index (κ2) is 8.42. The van der Waals surface area contributed by atoms with E-state index in [4.69, 9.17) is 0 Å². The Balaban J connectivity index is 1.85. The third kappa shape index (κ3) is 3.89. The summed E-state index contributed by atoms with van der Waals surface area (Å²) in [5.41, 5.74) is 3.69. The van der Waals surface area contributed by atoms with Gasteiger partial charge in [-0.3, -0.25) is 23.6 Å². The maximum absolute atomic E-state index is 13.0. The van der Waals surface area contributed by atoms with Gasteiger partial charge in [-0.05, 0) is 50.5 Å². The van der Waals surface area contributed by atoms with Crippen LogP contribution in [0.3, 0.4) is 0 Å². The van der Waals surface area contributed by atoms with Gasteiger partial charge in [-0.1, -0.05) is 0 Å². The van der Waals surface area contributed by atoms with Crippen molar-refractivity contribution in [3.63, 3.8) is 0 Å². The Morgan fingerprint density at radius 2 is 1.77 bits per heavy atom. The average molecular weight is 477 g/mol. The summed E-state index contributed by atoms with van der Waals surface area (Å²) in [6.07, 6.45) is 3.07. The summed E-state index contributed by atoms with van der Waals surface area (Å²) in [5, 5.41) is 18.5. The van der Waals surface area contributed by atoms with Crippen LogP contribution < -0.4 is 10.6 Å². The lowest BCUT2D eigenvalue weighted by molar-refractivity contribution is -0.119. The Hall–Kier alpha value is -2.95. The van der Waals surface area contributed by atoms with Gasteiger partial charge >= 0.3 is 0 Å². The van der Waals surface area contributed by atoms with Crippen LogP contribution in [0.1, 0.15) is 47.5 Å². The molecule has 3 aromatic heterocycles. The Labute approximate surface area is 182 Å². The zero-order chi connectivity index (χ0) is 22.2. The van der Waals surface area contributed by atoms with Gasteiger partial charge in [0.15, 0.2) is 0 Å². The van der Waals surface area contributed by atoms with Crippen LogP contribution in [-0.4, -0.2) is 41.2 Å². The van der Waals surface area contributed by atoms with Crippen molar-refractivity contribution in [2.75, 3.05) is 10.6 Å². The van der Waals surface area contributed by atoms with Crippen LogP contribution in [0.2, 0.25) is 0 Å². The van der Waals surface area contributed by atoms with Crippen molar-refractivity contribution in [2.24, 2.45) is 7.05 Å². The number of hydrogen-bond acceptors (Lipinski definition) is 5. The fourth-order valence-corrected chi connectivity index (χ4v) is 3.39. The third-order valence-corrected chi connectivity index (χ3v) is 6.23. The van der Waals surface area contributed by atoms with Crippen LogP contribution in [0.4, 0.5) is 11.4 Å². The van der Waals surface area contributed by atoms with Crippen molar-refractivity contribution < 1.29 is 9.59 Å². The molecule has 10 nitrogen and oxygen atoms in total. The molecule has 2 amide bonds. The lowest BCUT2D eigenvalue weighted by atomic mass is 10.2. The Kier molecular flexibility index (Phi) is 6.11. The number of rotatable bonds is 6. The normalized spacial score (nSPS) is 12.1. The van der Waals surface area contributed by atoms with Crippen LogP contribution in [0.5, 0.6) is 0 Å². The standard InChI is InChI=1S/C19H25BrN8O2/c1-7-27-17(19(30)23-14-8-21-26(6)11(14)3)15(9-22-27)24-18(29)13(5)28-12(4)16(20)10(2)25-28/h8-9,13H,7H2,1-6H3,(H,23,30)(H,24,29). The van der Waals surface area contributed by atoms with Gasteiger partial charge < -0.3 is 10.6 Å². The molecule has 1 unspecified atom stereocenters. The predicted octanol–water partition coefficient (Wildman–Crippen LogP) is 2.97. The molecular weight excluding hydrogens is 452 g/mol. The summed E-state index contributed by atoms with van der Waals surface area (Å²) in [7, 11) is 1.80. The number of anilines is 2. The molecule has 0 aliphatic carbocycles. The number of nitrogens with zero attached hydrogens (tertiary/aromatic N) is 6. The molecule has 0 bridgehead atoms. The minimum atomic E-state index is -0.573. The smallest absolute Gasteiger partial charge is 0.276 e. The number of amides is 2. The molecule has 30 heavy (non-hydrogen) atoms. The van der Waals surface area contributed by atoms with E-state index in [1.165, 1.54) is 6.20 Å².